The highest BCUT2D eigenvalue weighted by Crippen LogP contribution is 2.31. The van der Waals surface area contributed by atoms with E-state index in [9.17, 15) is 0 Å². The van der Waals surface area contributed by atoms with Crippen molar-refractivity contribution < 1.29 is 9.47 Å². The molecule has 4 N–H and O–H groups in total. The van der Waals surface area contributed by atoms with Gasteiger partial charge in [0.1, 0.15) is 17.3 Å². The minimum atomic E-state index is 0.332. The number of ether oxygens (including phenoxy) is 2. The predicted molar refractivity (Wildman–Crippen MR) is 81.9 cm³/mol. The van der Waals surface area contributed by atoms with E-state index in [1.165, 1.54) is 0 Å². The molecule has 0 saturated carbocycles. The number of hydrazine groups is 1. The van der Waals surface area contributed by atoms with Crippen LogP contribution >= 0.6 is 0 Å². The molecular formula is C14H19N5O2. The molecule has 2 aromatic rings. The summed E-state index contributed by atoms with van der Waals surface area (Å²) in [5.41, 5.74) is 3.17. The Labute approximate surface area is 123 Å². The van der Waals surface area contributed by atoms with Crippen LogP contribution in [0.3, 0.4) is 0 Å². The van der Waals surface area contributed by atoms with Gasteiger partial charge in [0.2, 0.25) is 5.95 Å². The SMILES string of the molecule is CCOc1ccc(OCC)c(Nc2ccnc(NN)n2)c1. The third kappa shape index (κ3) is 3.96. The van der Waals surface area contributed by atoms with Gasteiger partial charge in [-0.3, -0.25) is 5.43 Å². The number of hydrogen-bond acceptors (Lipinski definition) is 7. The molecule has 0 radical (unpaired) electrons. The first-order valence-electron chi connectivity index (χ1n) is 6.73. The Balaban J connectivity index is 2.28. The lowest BCUT2D eigenvalue weighted by atomic mass is 10.2. The Kier molecular flexibility index (Phi) is 5.16. The lowest BCUT2D eigenvalue weighted by Gasteiger charge is -2.14. The first-order valence-corrected chi connectivity index (χ1v) is 6.73. The zero-order valence-electron chi connectivity index (χ0n) is 12.1. The second-order valence-electron chi connectivity index (χ2n) is 4.06. The normalized spacial score (nSPS) is 10.0. The molecule has 1 aromatic heterocycles. The summed E-state index contributed by atoms with van der Waals surface area (Å²) in [5.74, 6) is 7.73. The van der Waals surface area contributed by atoms with Gasteiger partial charge in [0, 0.05) is 12.3 Å². The van der Waals surface area contributed by atoms with Gasteiger partial charge in [-0.05, 0) is 32.0 Å². The predicted octanol–water partition coefficient (Wildman–Crippen LogP) is 2.30. The molecule has 0 aliphatic heterocycles. The van der Waals surface area contributed by atoms with E-state index in [0.717, 1.165) is 17.2 Å². The number of benzene rings is 1. The summed E-state index contributed by atoms with van der Waals surface area (Å²) < 4.78 is 11.1. The van der Waals surface area contributed by atoms with Crippen molar-refractivity contribution in [3.63, 3.8) is 0 Å². The van der Waals surface area contributed by atoms with Crippen LogP contribution in [0.5, 0.6) is 11.5 Å². The van der Waals surface area contributed by atoms with E-state index in [1.807, 2.05) is 32.0 Å². The van der Waals surface area contributed by atoms with Crippen LogP contribution in [0, 0.1) is 0 Å². The Bertz CT molecular complexity index is 591. The molecule has 7 nitrogen and oxygen atoms in total. The maximum atomic E-state index is 5.60. The monoisotopic (exact) mass is 289 g/mol. The minimum Gasteiger partial charge on any atom is -0.494 e. The fraction of sp³-hybridized carbons (Fsp3) is 0.286. The zero-order chi connectivity index (χ0) is 15.1. The average molecular weight is 289 g/mol. The largest absolute Gasteiger partial charge is 0.494 e. The van der Waals surface area contributed by atoms with Crippen molar-refractivity contribution in [1.29, 1.82) is 0 Å². The highest BCUT2D eigenvalue weighted by Gasteiger charge is 2.07. The number of nitrogens with two attached hydrogens (primary N) is 1. The highest BCUT2D eigenvalue weighted by atomic mass is 16.5. The molecule has 21 heavy (non-hydrogen) atoms. The third-order valence-corrected chi connectivity index (χ3v) is 2.61. The molecule has 1 aromatic carbocycles. The van der Waals surface area contributed by atoms with Gasteiger partial charge >= 0.3 is 0 Å². The summed E-state index contributed by atoms with van der Waals surface area (Å²) >= 11 is 0. The van der Waals surface area contributed by atoms with E-state index in [-0.39, 0.29) is 0 Å². The standard InChI is InChI=1S/C14H19N5O2/c1-3-20-10-5-6-12(21-4-2)11(9-10)17-13-7-8-16-14(18-13)19-15/h5-9H,3-4,15H2,1-2H3,(H2,16,17,18,19). The smallest absolute Gasteiger partial charge is 0.239 e. The summed E-state index contributed by atoms with van der Waals surface area (Å²) in [6, 6.07) is 7.34. The van der Waals surface area contributed by atoms with E-state index in [4.69, 9.17) is 15.3 Å². The summed E-state index contributed by atoms with van der Waals surface area (Å²) in [6.45, 7) is 5.04. The fourth-order valence-corrected chi connectivity index (χ4v) is 1.78. The van der Waals surface area contributed by atoms with E-state index >= 15 is 0 Å². The molecule has 0 amide bonds. The first kappa shape index (κ1) is 14.9. The van der Waals surface area contributed by atoms with Crippen molar-refractivity contribution in [1.82, 2.24) is 9.97 Å². The minimum absolute atomic E-state index is 0.332. The zero-order valence-corrected chi connectivity index (χ0v) is 12.1. The summed E-state index contributed by atoms with van der Waals surface area (Å²) in [6.07, 6.45) is 1.61. The highest BCUT2D eigenvalue weighted by molar-refractivity contribution is 5.66. The van der Waals surface area contributed by atoms with Crippen LogP contribution in [0.4, 0.5) is 17.5 Å². The third-order valence-electron chi connectivity index (χ3n) is 2.61. The molecule has 0 spiro atoms. The molecule has 0 aliphatic rings. The van der Waals surface area contributed by atoms with Crippen molar-refractivity contribution >= 4 is 17.5 Å². The molecule has 0 unspecified atom stereocenters. The summed E-state index contributed by atoms with van der Waals surface area (Å²) in [4.78, 5) is 8.17. The molecule has 0 atom stereocenters. The van der Waals surface area contributed by atoms with Crippen LogP contribution < -0.4 is 26.1 Å². The van der Waals surface area contributed by atoms with Crippen molar-refractivity contribution in [3.05, 3.63) is 30.5 Å². The number of hydrogen-bond donors (Lipinski definition) is 3. The lowest BCUT2D eigenvalue weighted by molar-refractivity contribution is 0.332. The molecule has 7 heteroatoms. The van der Waals surface area contributed by atoms with Crippen LogP contribution in [0.15, 0.2) is 30.5 Å². The van der Waals surface area contributed by atoms with Crippen LogP contribution in [0.2, 0.25) is 0 Å². The molecule has 0 saturated heterocycles. The molecule has 0 aliphatic carbocycles. The Morgan fingerprint density at radius 1 is 1.14 bits per heavy atom. The van der Waals surface area contributed by atoms with Crippen LogP contribution in [-0.2, 0) is 0 Å². The Morgan fingerprint density at radius 3 is 2.67 bits per heavy atom. The van der Waals surface area contributed by atoms with Gasteiger partial charge in [0.15, 0.2) is 0 Å². The maximum absolute atomic E-state index is 5.60. The molecule has 1 heterocycles. The molecule has 2 rings (SSSR count). The summed E-state index contributed by atoms with van der Waals surface area (Å²) in [7, 11) is 0. The van der Waals surface area contributed by atoms with E-state index in [1.54, 1.807) is 12.3 Å². The number of aromatic nitrogens is 2. The molecule has 0 bridgehead atoms. The van der Waals surface area contributed by atoms with Gasteiger partial charge in [-0.25, -0.2) is 10.8 Å². The van der Waals surface area contributed by atoms with Crippen molar-refractivity contribution in [2.24, 2.45) is 5.84 Å². The van der Waals surface area contributed by atoms with Crippen molar-refractivity contribution in [2.45, 2.75) is 13.8 Å². The van der Waals surface area contributed by atoms with Crippen LogP contribution in [0.25, 0.3) is 0 Å². The number of nitrogens with one attached hydrogen (secondary N) is 2. The van der Waals surface area contributed by atoms with Gasteiger partial charge in [-0.15, -0.1) is 0 Å². The maximum Gasteiger partial charge on any atom is 0.239 e. The number of nitrogen functional groups attached to an aromatic ring is 1. The number of rotatable bonds is 7. The van der Waals surface area contributed by atoms with E-state index in [0.29, 0.717) is 25.0 Å². The van der Waals surface area contributed by atoms with Gasteiger partial charge in [0.05, 0.1) is 18.9 Å². The van der Waals surface area contributed by atoms with E-state index < -0.39 is 0 Å². The second kappa shape index (κ2) is 7.30. The average Bonchev–Trinajstić information content (AvgIpc) is 2.50. The first-order chi connectivity index (χ1) is 10.3. The molecule has 112 valence electrons. The lowest BCUT2D eigenvalue weighted by Crippen LogP contribution is -2.11. The quantitative estimate of drug-likeness (QED) is 0.532. The van der Waals surface area contributed by atoms with Crippen LogP contribution in [0.1, 0.15) is 13.8 Å². The van der Waals surface area contributed by atoms with Gasteiger partial charge in [-0.2, -0.15) is 4.98 Å². The number of nitrogens with zero attached hydrogens (tertiary/aromatic N) is 2. The Hall–Kier alpha value is -2.54. The van der Waals surface area contributed by atoms with E-state index in [2.05, 4.69) is 20.7 Å². The summed E-state index contributed by atoms with van der Waals surface area (Å²) in [5, 5.41) is 3.18. The van der Waals surface area contributed by atoms with Crippen LogP contribution in [-0.4, -0.2) is 23.2 Å². The second-order valence-corrected chi connectivity index (χ2v) is 4.06. The van der Waals surface area contributed by atoms with Gasteiger partial charge in [0.25, 0.3) is 0 Å². The number of anilines is 3. The molecule has 0 fully saturated rings. The fourth-order valence-electron chi connectivity index (χ4n) is 1.78. The van der Waals surface area contributed by atoms with Crippen molar-refractivity contribution in [2.75, 3.05) is 24.0 Å². The topological polar surface area (TPSA) is 94.3 Å². The Morgan fingerprint density at radius 2 is 1.95 bits per heavy atom. The van der Waals surface area contributed by atoms with Gasteiger partial charge < -0.3 is 14.8 Å². The van der Waals surface area contributed by atoms with Crippen molar-refractivity contribution in [3.8, 4) is 11.5 Å². The van der Waals surface area contributed by atoms with Gasteiger partial charge in [-0.1, -0.05) is 0 Å². The molecular weight excluding hydrogens is 270 g/mol.